The molecule has 0 spiro atoms. The van der Waals surface area contributed by atoms with Crippen LogP contribution in [0.1, 0.15) is 0 Å². The van der Waals surface area contributed by atoms with Crippen molar-refractivity contribution in [3.8, 4) is 5.88 Å². The number of aromatic nitrogens is 4. The lowest BCUT2D eigenvalue weighted by molar-refractivity contribution is 0.397. The second-order valence-electron chi connectivity index (χ2n) is 2.74. The predicted molar refractivity (Wildman–Crippen MR) is 68.8 cm³/mol. The molecule has 0 unspecified atom stereocenters. The van der Waals surface area contributed by atoms with Gasteiger partial charge in [0.2, 0.25) is 5.88 Å². The van der Waals surface area contributed by atoms with Gasteiger partial charge in [-0.3, -0.25) is 0 Å². The van der Waals surface area contributed by atoms with E-state index >= 15 is 0 Å². The van der Waals surface area contributed by atoms with E-state index in [0.717, 1.165) is 8.68 Å². The Hall–Kier alpha value is -1.06. The van der Waals surface area contributed by atoms with Crippen molar-refractivity contribution in [3.63, 3.8) is 0 Å². The Morgan fingerprint density at radius 2 is 2.06 bits per heavy atom. The van der Waals surface area contributed by atoms with Gasteiger partial charge in [-0.2, -0.15) is 4.98 Å². The summed E-state index contributed by atoms with van der Waals surface area (Å²) in [6.07, 6.45) is 3.37. The molecule has 0 aliphatic heterocycles. The van der Waals surface area contributed by atoms with Crippen LogP contribution in [0, 0.1) is 0 Å². The third-order valence-electron chi connectivity index (χ3n) is 1.75. The van der Waals surface area contributed by atoms with Crippen LogP contribution in [-0.4, -0.2) is 33.5 Å². The first-order valence-corrected chi connectivity index (χ1v) is 7.30. The van der Waals surface area contributed by atoms with Crippen molar-refractivity contribution in [1.82, 2.24) is 20.2 Å². The van der Waals surface area contributed by atoms with Gasteiger partial charge in [-0.1, -0.05) is 23.1 Å². The molecule has 17 heavy (non-hydrogen) atoms. The molecule has 0 bridgehead atoms. The Kier molecular flexibility index (Phi) is 4.02. The van der Waals surface area contributed by atoms with Crippen molar-refractivity contribution >= 4 is 40.5 Å². The molecule has 0 aromatic carbocycles. The number of thioether (sulfide) groups is 1. The van der Waals surface area contributed by atoms with Crippen LogP contribution in [0.5, 0.6) is 5.88 Å². The summed E-state index contributed by atoms with van der Waals surface area (Å²) in [7, 11) is 1.52. The Labute approximate surface area is 110 Å². The minimum Gasteiger partial charge on any atom is -0.479 e. The van der Waals surface area contributed by atoms with Crippen LogP contribution < -0.4 is 10.5 Å². The minimum absolute atomic E-state index is 0.372. The smallest absolute Gasteiger partial charge is 0.241 e. The first-order valence-electron chi connectivity index (χ1n) is 4.44. The Morgan fingerprint density at radius 3 is 2.71 bits per heavy atom. The van der Waals surface area contributed by atoms with E-state index in [0.29, 0.717) is 16.6 Å². The van der Waals surface area contributed by atoms with Gasteiger partial charge >= 0.3 is 0 Å². The van der Waals surface area contributed by atoms with Gasteiger partial charge in [0, 0.05) is 0 Å². The number of nitrogens with two attached hydrogens (primary N) is 1. The van der Waals surface area contributed by atoms with Crippen molar-refractivity contribution in [2.75, 3.05) is 19.1 Å². The van der Waals surface area contributed by atoms with Gasteiger partial charge in [0.05, 0.1) is 7.11 Å². The molecule has 0 saturated carbocycles. The largest absolute Gasteiger partial charge is 0.479 e. The SMILES string of the molecule is COc1ncnc(Sc2nnc(SC)s2)c1N. The summed E-state index contributed by atoms with van der Waals surface area (Å²) in [5.74, 6) is 0.372. The molecule has 0 radical (unpaired) electrons. The molecule has 0 atom stereocenters. The van der Waals surface area contributed by atoms with Crippen molar-refractivity contribution in [2.45, 2.75) is 13.7 Å². The number of nitrogens with zero attached hydrogens (tertiary/aromatic N) is 4. The summed E-state index contributed by atoms with van der Waals surface area (Å²) in [4.78, 5) is 8.01. The van der Waals surface area contributed by atoms with Gasteiger partial charge in [-0.15, -0.1) is 10.2 Å². The molecule has 0 aliphatic rings. The van der Waals surface area contributed by atoms with Crippen LogP contribution in [0.15, 0.2) is 20.0 Å². The molecule has 2 N–H and O–H groups in total. The summed E-state index contributed by atoms with van der Waals surface area (Å²) in [6.45, 7) is 0. The summed E-state index contributed by atoms with van der Waals surface area (Å²) in [6, 6.07) is 0. The molecule has 2 heterocycles. The van der Waals surface area contributed by atoms with Gasteiger partial charge in [-0.05, 0) is 18.0 Å². The van der Waals surface area contributed by atoms with Crippen LogP contribution >= 0.6 is 34.9 Å². The lowest BCUT2D eigenvalue weighted by atomic mass is 10.5. The standard InChI is InChI=1S/C8H9N5OS3/c1-14-5-4(9)6(11-3-10-5)16-8-13-12-7(15-2)17-8/h3H,9H2,1-2H3. The van der Waals surface area contributed by atoms with Gasteiger partial charge < -0.3 is 10.5 Å². The van der Waals surface area contributed by atoms with Crippen LogP contribution in [0.2, 0.25) is 0 Å². The third kappa shape index (κ3) is 2.79. The molecular weight excluding hydrogens is 278 g/mol. The number of methoxy groups -OCH3 is 1. The zero-order valence-corrected chi connectivity index (χ0v) is 11.5. The highest BCUT2D eigenvalue weighted by molar-refractivity contribution is 8.03. The summed E-state index contributed by atoms with van der Waals surface area (Å²) >= 11 is 4.41. The molecule has 0 saturated heterocycles. The number of nitrogen functional groups attached to an aromatic ring is 1. The predicted octanol–water partition coefficient (Wildman–Crippen LogP) is 1.79. The number of anilines is 1. The molecule has 0 fully saturated rings. The van der Waals surface area contributed by atoms with Gasteiger partial charge in [0.1, 0.15) is 17.0 Å². The second kappa shape index (κ2) is 5.52. The van der Waals surface area contributed by atoms with E-state index in [1.54, 1.807) is 11.8 Å². The quantitative estimate of drug-likeness (QED) is 0.672. The maximum Gasteiger partial charge on any atom is 0.241 e. The molecule has 0 amide bonds. The van der Waals surface area contributed by atoms with E-state index in [9.17, 15) is 0 Å². The van der Waals surface area contributed by atoms with Crippen molar-refractivity contribution in [3.05, 3.63) is 6.33 Å². The average Bonchev–Trinajstić information content (AvgIpc) is 2.79. The van der Waals surface area contributed by atoms with Crippen molar-refractivity contribution < 1.29 is 4.74 Å². The second-order valence-corrected chi connectivity index (χ2v) is 6.01. The molecule has 2 rings (SSSR count). The maximum absolute atomic E-state index is 5.86. The number of ether oxygens (including phenoxy) is 1. The van der Waals surface area contributed by atoms with Gasteiger partial charge in [0.15, 0.2) is 8.68 Å². The topological polar surface area (TPSA) is 86.8 Å². The summed E-state index contributed by atoms with van der Waals surface area (Å²) in [5.41, 5.74) is 6.28. The summed E-state index contributed by atoms with van der Waals surface area (Å²) < 4.78 is 6.73. The fourth-order valence-electron chi connectivity index (χ4n) is 1.01. The fourth-order valence-corrected chi connectivity index (χ4v) is 3.36. The minimum atomic E-state index is 0.372. The molecule has 6 nitrogen and oxygen atoms in total. The molecular formula is C8H9N5OS3. The lowest BCUT2D eigenvalue weighted by Gasteiger charge is -2.05. The van der Waals surface area contributed by atoms with Gasteiger partial charge in [-0.25, -0.2) is 4.98 Å². The van der Waals surface area contributed by atoms with Crippen molar-refractivity contribution in [1.29, 1.82) is 0 Å². The normalized spacial score (nSPS) is 10.5. The Bertz CT molecular complexity index is 518. The maximum atomic E-state index is 5.86. The van der Waals surface area contributed by atoms with E-state index in [1.807, 2.05) is 6.26 Å². The Balaban J connectivity index is 2.23. The molecule has 0 aliphatic carbocycles. The van der Waals surface area contributed by atoms with Gasteiger partial charge in [0.25, 0.3) is 0 Å². The average molecular weight is 287 g/mol. The lowest BCUT2D eigenvalue weighted by Crippen LogP contribution is -1.98. The van der Waals surface area contributed by atoms with Crippen LogP contribution in [0.4, 0.5) is 5.69 Å². The van der Waals surface area contributed by atoms with Crippen LogP contribution in [0.25, 0.3) is 0 Å². The molecule has 9 heteroatoms. The van der Waals surface area contributed by atoms with E-state index in [4.69, 9.17) is 10.5 Å². The van der Waals surface area contributed by atoms with E-state index < -0.39 is 0 Å². The number of rotatable bonds is 4. The first kappa shape index (κ1) is 12.4. The van der Waals surface area contributed by atoms with Crippen LogP contribution in [-0.2, 0) is 0 Å². The number of hydrogen-bond donors (Lipinski definition) is 1. The first-order chi connectivity index (χ1) is 8.24. The van der Waals surface area contributed by atoms with E-state index in [-0.39, 0.29) is 0 Å². The molecule has 90 valence electrons. The zero-order chi connectivity index (χ0) is 12.3. The highest BCUT2D eigenvalue weighted by atomic mass is 32.2. The number of hydrogen-bond acceptors (Lipinski definition) is 9. The zero-order valence-electron chi connectivity index (χ0n) is 9.08. The van der Waals surface area contributed by atoms with E-state index in [1.165, 1.54) is 36.5 Å². The highest BCUT2D eigenvalue weighted by Gasteiger charge is 2.12. The Morgan fingerprint density at radius 1 is 1.29 bits per heavy atom. The molecule has 2 aromatic rings. The fraction of sp³-hybridized carbons (Fsp3) is 0.250. The summed E-state index contributed by atoms with van der Waals surface area (Å²) in [5, 5.41) is 8.66. The van der Waals surface area contributed by atoms with Crippen molar-refractivity contribution in [2.24, 2.45) is 0 Å². The van der Waals surface area contributed by atoms with E-state index in [2.05, 4.69) is 20.2 Å². The van der Waals surface area contributed by atoms with Crippen LogP contribution in [0.3, 0.4) is 0 Å². The monoisotopic (exact) mass is 287 g/mol. The third-order valence-corrected chi connectivity index (χ3v) is 4.72. The molecule has 2 aromatic heterocycles. The highest BCUT2D eigenvalue weighted by Crippen LogP contribution is 2.36.